The van der Waals surface area contributed by atoms with E-state index in [1.54, 1.807) is 6.08 Å². The number of carbonyl (C=O) groups excluding carboxylic acids is 1. The van der Waals surface area contributed by atoms with Gasteiger partial charge in [-0.3, -0.25) is 13.8 Å². The molecule has 0 saturated carbocycles. The Morgan fingerprint density at radius 2 is 1.06 bits per heavy atom. The zero-order chi connectivity index (χ0) is 39.8. The molecule has 4 unspecified atom stereocenters. The van der Waals surface area contributed by atoms with Gasteiger partial charge in [-0.25, -0.2) is 4.57 Å². The fraction of sp³-hybridized carbons (Fsp3) is 0.886. The van der Waals surface area contributed by atoms with Crippen LogP contribution in [-0.4, -0.2) is 59.0 Å². The van der Waals surface area contributed by atoms with Crippen molar-refractivity contribution in [3.8, 4) is 0 Å². The number of aliphatic hydroxyl groups is 2. The van der Waals surface area contributed by atoms with E-state index in [9.17, 15) is 24.5 Å². The van der Waals surface area contributed by atoms with E-state index in [4.69, 9.17) is 14.8 Å². The summed E-state index contributed by atoms with van der Waals surface area (Å²) in [7, 11) is -4.40. The number of amides is 1. The highest BCUT2D eigenvalue weighted by Crippen LogP contribution is 2.43. The second-order valence-corrected chi connectivity index (χ2v) is 16.9. The summed E-state index contributed by atoms with van der Waals surface area (Å²) in [6, 6.07) is -0.995. The largest absolute Gasteiger partial charge is 0.472 e. The molecule has 0 aliphatic heterocycles. The van der Waals surface area contributed by atoms with Crippen LogP contribution in [0.5, 0.6) is 0 Å². The minimum absolute atomic E-state index is 0.0461. The number of aliphatic hydroxyl groups excluding tert-OH is 2. The molecule has 6 N–H and O–H groups in total. The first-order valence-electron chi connectivity index (χ1n) is 22.5. The number of phosphoric acid groups is 1. The lowest BCUT2D eigenvalue weighted by Gasteiger charge is -2.24. The molecule has 0 aromatic carbocycles. The van der Waals surface area contributed by atoms with E-state index in [0.717, 1.165) is 32.1 Å². The molecular weight excluding hydrogens is 699 g/mol. The number of allylic oxidation sites excluding steroid dienone is 3. The quantitative estimate of drug-likeness (QED) is 0.0233. The number of hydrogen-bond acceptors (Lipinski definition) is 7. The van der Waals surface area contributed by atoms with Gasteiger partial charge in [-0.15, -0.1) is 0 Å². The summed E-state index contributed by atoms with van der Waals surface area (Å²) in [5.74, 6) is -0.453. The van der Waals surface area contributed by atoms with E-state index in [-0.39, 0.29) is 19.6 Å². The highest BCUT2D eigenvalue weighted by Gasteiger charge is 2.27. The third-order valence-electron chi connectivity index (χ3n) is 10.1. The van der Waals surface area contributed by atoms with Gasteiger partial charge >= 0.3 is 7.82 Å². The van der Waals surface area contributed by atoms with Crippen molar-refractivity contribution in [2.45, 2.75) is 231 Å². The number of hydrogen-bond donors (Lipinski definition) is 5. The van der Waals surface area contributed by atoms with Crippen LogP contribution in [-0.2, 0) is 18.4 Å². The second-order valence-electron chi connectivity index (χ2n) is 15.4. The molecule has 0 heterocycles. The Hall–Kier alpha value is -1.06. The Morgan fingerprint density at radius 3 is 1.54 bits per heavy atom. The van der Waals surface area contributed by atoms with Crippen LogP contribution in [0.1, 0.15) is 213 Å². The number of rotatable bonds is 42. The van der Waals surface area contributed by atoms with Gasteiger partial charge in [-0.1, -0.05) is 199 Å². The first-order chi connectivity index (χ1) is 26.3. The predicted molar refractivity (Wildman–Crippen MR) is 227 cm³/mol. The van der Waals surface area contributed by atoms with Gasteiger partial charge in [0.2, 0.25) is 5.91 Å². The van der Waals surface area contributed by atoms with Gasteiger partial charge in [0.15, 0.2) is 0 Å². The standard InChI is InChI=1S/C44H87N2O7P/c1-3-5-7-9-11-13-15-17-19-20-22-24-26-28-30-32-34-36-43(48)42(40-53-54(50,51)52-38-37-45)46-44(49)39-41(47)35-33-31-29-27-25-23-21-18-16-14-12-10-8-6-4-2/h26,28,34,36,41-43,47-48H,3-25,27,29-33,35,37-40,45H2,1-2H3,(H,46,49)(H,50,51)/b28-26+,36-34+. The minimum Gasteiger partial charge on any atom is -0.393 e. The number of unbranched alkanes of at least 4 members (excludes halogenated alkanes) is 26. The van der Waals surface area contributed by atoms with Crippen LogP contribution in [0, 0.1) is 0 Å². The smallest absolute Gasteiger partial charge is 0.393 e. The Morgan fingerprint density at radius 1 is 0.630 bits per heavy atom. The van der Waals surface area contributed by atoms with Crippen LogP contribution in [0.3, 0.4) is 0 Å². The normalized spacial score (nSPS) is 14.9. The van der Waals surface area contributed by atoms with Crippen molar-refractivity contribution in [2.75, 3.05) is 19.8 Å². The van der Waals surface area contributed by atoms with Crippen molar-refractivity contribution >= 4 is 13.7 Å². The Labute approximate surface area is 332 Å². The fourth-order valence-corrected chi connectivity index (χ4v) is 7.42. The molecule has 0 bridgehead atoms. The second kappa shape index (κ2) is 40.1. The molecule has 0 aliphatic carbocycles. The summed E-state index contributed by atoms with van der Waals surface area (Å²) in [4.78, 5) is 22.8. The summed E-state index contributed by atoms with van der Waals surface area (Å²) in [5.41, 5.74) is 5.36. The van der Waals surface area contributed by atoms with Gasteiger partial charge in [0.05, 0.1) is 37.9 Å². The van der Waals surface area contributed by atoms with Crippen molar-refractivity contribution in [1.29, 1.82) is 0 Å². The van der Waals surface area contributed by atoms with E-state index in [2.05, 4.69) is 31.3 Å². The Kier molecular flexibility index (Phi) is 39.4. The van der Waals surface area contributed by atoms with E-state index in [0.29, 0.717) is 12.8 Å². The Bertz CT molecular complexity index is 919. The van der Waals surface area contributed by atoms with Gasteiger partial charge in [-0.05, 0) is 32.1 Å². The van der Waals surface area contributed by atoms with E-state index < -0.39 is 38.6 Å². The van der Waals surface area contributed by atoms with Crippen molar-refractivity contribution in [2.24, 2.45) is 5.73 Å². The van der Waals surface area contributed by atoms with E-state index in [1.807, 2.05) is 6.08 Å². The lowest BCUT2D eigenvalue weighted by molar-refractivity contribution is -0.124. The van der Waals surface area contributed by atoms with E-state index >= 15 is 0 Å². The molecule has 0 spiro atoms. The number of phosphoric ester groups is 1. The summed E-state index contributed by atoms with van der Waals surface area (Å²) in [5, 5.41) is 24.0. The third-order valence-corrected chi connectivity index (χ3v) is 11.1. The summed E-state index contributed by atoms with van der Waals surface area (Å²) in [6.45, 7) is 3.96. The SMILES string of the molecule is CCCCCCCCCCCCC/C=C/CC/C=C/C(O)C(COP(=O)(O)OCCN)NC(=O)CC(O)CCCCCCCCCCCCCCCCC. The lowest BCUT2D eigenvalue weighted by atomic mass is 10.0. The van der Waals surface area contributed by atoms with Crippen LogP contribution in [0.15, 0.2) is 24.3 Å². The van der Waals surface area contributed by atoms with Gasteiger partial charge in [-0.2, -0.15) is 0 Å². The topological polar surface area (TPSA) is 151 Å². The van der Waals surface area contributed by atoms with Crippen LogP contribution >= 0.6 is 7.82 Å². The Balaban J connectivity index is 4.34. The lowest BCUT2D eigenvalue weighted by Crippen LogP contribution is -2.46. The molecule has 0 aromatic rings. The first-order valence-corrected chi connectivity index (χ1v) is 24.0. The molecule has 0 aliphatic rings. The van der Waals surface area contributed by atoms with Crippen molar-refractivity contribution in [3.05, 3.63) is 24.3 Å². The molecule has 320 valence electrons. The van der Waals surface area contributed by atoms with Crippen LogP contribution in [0.2, 0.25) is 0 Å². The molecule has 9 nitrogen and oxygen atoms in total. The molecule has 4 atom stereocenters. The van der Waals surface area contributed by atoms with Crippen LogP contribution in [0.4, 0.5) is 0 Å². The van der Waals surface area contributed by atoms with Gasteiger partial charge in [0.25, 0.3) is 0 Å². The van der Waals surface area contributed by atoms with Gasteiger partial charge < -0.3 is 26.2 Å². The maximum Gasteiger partial charge on any atom is 0.472 e. The summed E-state index contributed by atoms with van der Waals surface area (Å²) in [6.07, 6.45) is 42.6. The van der Waals surface area contributed by atoms with Crippen molar-refractivity contribution in [3.63, 3.8) is 0 Å². The minimum atomic E-state index is -4.40. The van der Waals surface area contributed by atoms with Crippen molar-refractivity contribution in [1.82, 2.24) is 5.32 Å². The average Bonchev–Trinajstić information content (AvgIpc) is 3.15. The molecule has 54 heavy (non-hydrogen) atoms. The van der Waals surface area contributed by atoms with E-state index in [1.165, 1.54) is 148 Å². The van der Waals surface area contributed by atoms with Crippen molar-refractivity contribution < 1.29 is 33.5 Å². The zero-order valence-corrected chi connectivity index (χ0v) is 36.0. The fourth-order valence-electron chi connectivity index (χ4n) is 6.66. The highest BCUT2D eigenvalue weighted by molar-refractivity contribution is 7.47. The number of nitrogens with two attached hydrogens (primary N) is 1. The van der Waals surface area contributed by atoms with Crippen LogP contribution < -0.4 is 11.1 Å². The van der Waals surface area contributed by atoms with Gasteiger partial charge in [0, 0.05) is 6.54 Å². The average molecular weight is 787 g/mol. The molecule has 0 radical (unpaired) electrons. The highest BCUT2D eigenvalue weighted by atomic mass is 31.2. The predicted octanol–water partition coefficient (Wildman–Crippen LogP) is 11.5. The molecule has 0 aromatic heterocycles. The molecule has 0 rings (SSSR count). The molecule has 0 saturated heterocycles. The maximum atomic E-state index is 12.8. The number of carbonyl (C=O) groups is 1. The molecule has 1 amide bonds. The third kappa shape index (κ3) is 37.8. The molecule has 0 fully saturated rings. The molecular formula is C44H87N2O7P. The summed E-state index contributed by atoms with van der Waals surface area (Å²) < 4.78 is 22.1. The van der Waals surface area contributed by atoms with Gasteiger partial charge in [0.1, 0.15) is 0 Å². The number of nitrogens with one attached hydrogen (secondary N) is 1. The van der Waals surface area contributed by atoms with Crippen LogP contribution in [0.25, 0.3) is 0 Å². The zero-order valence-electron chi connectivity index (χ0n) is 35.1. The maximum absolute atomic E-state index is 12.8. The monoisotopic (exact) mass is 787 g/mol. The molecule has 10 heteroatoms. The first kappa shape index (κ1) is 52.9. The summed E-state index contributed by atoms with van der Waals surface area (Å²) >= 11 is 0.